The summed E-state index contributed by atoms with van der Waals surface area (Å²) < 4.78 is 24.9. The van der Waals surface area contributed by atoms with Crippen molar-refractivity contribution in [1.82, 2.24) is 0 Å². The Bertz CT molecular complexity index is 1120. The zero-order valence-electron chi connectivity index (χ0n) is 22.0. The second kappa shape index (κ2) is 10.0. The minimum atomic E-state index is -0.692. The van der Waals surface area contributed by atoms with Gasteiger partial charge >= 0.3 is 5.97 Å². The first kappa shape index (κ1) is 25.1. The lowest BCUT2D eigenvalue weighted by atomic mass is 9.66. The normalized spacial score (nSPS) is 25.9. The molecule has 1 N–H and O–H groups in total. The van der Waals surface area contributed by atoms with Gasteiger partial charge in [0, 0.05) is 48.6 Å². The van der Waals surface area contributed by atoms with Gasteiger partial charge in [-0.3, -0.25) is 0 Å². The molecule has 2 heterocycles. The predicted molar refractivity (Wildman–Crippen MR) is 143 cm³/mol. The molecule has 0 radical (unpaired) electrons. The number of carbonyl (C=O) groups is 1. The lowest BCUT2D eigenvalue weighted by molar-refractivity contribution is 0.0599. The van der Waals surface area contributed by atoms with Gasteiger partial charge in [0.15, 0.2) is 0 Å². The van der Waals surface area contributed by atoms with E-state index in [1.807, 2.05) is 13.0 Å². The summed E-state index contributed by atoms with van der Waals surface area (Å²) in [5.41, 5.74) is 7.15. The molecule has 194 valence electrons. The van der Waals surface area contributed by atoms with Crippen LogP contribution in [0.3, 0.4) is 0 Å². The fourth-order valence-corrected chi connectivity index (χ4v) is 6.77. The minimum absolute atomic E-state index is 0.0375. The van der Waals surface area contributed by atoms with Crippen LogP contribution >= 0.6 is 0 Å². The highest BCUT2D eigenvalue weighted by Gasteiger charge is 2.46. The summed E-state index contributed by atoms with van der Waals surface area (Å²) in [6, 6.07) is 11.4. The average Bonchev–Trinajstić information content (AvgIpc) is 3.17. The second-order valence-corrected chi connectivity index (χ2v) is 10.7. The molecule has 1 spiro atoms. The van der Waals surface area contributed by atoms with Crippen LogP contribution in [0.1, 0.15) is 73.9 Å². The largest absolute Gasteiger partial charge is 0.465 e. The van der Waals surface area contributed by atoms with Gasteiger partial charge in [-0.15, -0.1) is 0 Å². The summed E-state index contributed by atoms with van der Waals surface area (Å²) >= 11 is 0. The Balaban J connectivity index is 1.60. The highest BCUT2D eigenvalue weighted by Crippen LogP contribution is 2.51. The highest BCUT2D eigenvalue weighted by molar-refractivity contribution is 5.95. The van der Waals surface area contributed by atoms with Crippen molar-refractivity contribution >= 4 is 17.3 Å². The zero-order valence-corrected chi connectivity index (χ0v) is 22.0. The molecule has 0 bridgehead atoms. The number of fused-ring (bicyclic) bond motifs is 2. The molecular weight excluding hydrogens is 455 g/mol. The Kier molecular flexibility index (Phi) is 6.99. The summed E-state index contributed by atoms with van der Waals surface area (Å²) in [6.07, 6.45) is 4.22. The van der Waals surface area contributed by atoms with E-state index >= 15 is 0 Å². The van der Waals surface area contributed by atoms with Crippen LogP contribution in [0, 0.1) is 6.92 Å². The number of esters is 1. The summed E-state index contributed by atoms with van der Waals surface area (Å²) in [5.74, 6) is -0.312. The molecule has 1 saturated heterocycles. The van der Waals surface area contributed by atoms with Crippen molar-refractivity contribution in [1.29, 1.82) is 0 Å². The third kappa shape index (κ3) is 4.27. The van der Waals surface area contributed by atoms with Crippen molar-refractivity contribution in [2.45, 2.75) is 83.0 Å². The SMILES string of the molecule is CCN(c1cc(-c2ccc3c(c2)C2(CCC(F)CC2)C(C)N3)cc(C(=O)OC)c1C)C1CCOCC1. The van der Waals surface area contributed by atoms with Gasteiger partial charge in [0.2, 0.25) is 0 Å². The van der Waals surface area contributed by atoms with Crippen molar-refractivity contribution in [3.05, 3.63) is 47.0 Å². The second-order valence-electron chi connectivity index (χ2n) is 10.7. The molecule has 36 heavy (non-hydrogen) atoms. The monoisotopic (exact) mass is 494 g/mol. The van der Waals surface area contributed by atoms with Crippen LogP contribution in [-0.4, -0.2) is 51.1 Å². The van der Waals surface area contributed by atoms with Crippen LogP contribution in [0.25, 0.3) is 11.1 Å². The molecule has 1 saturated carbocycles. The van der Waals surface area contributed by atoms with E-state index in [-0.39, 0.29) is 17.4 Å². The van der Waals surface area contributed by atoms with Crippen LogP contribution in [-0.2, 0) is 14.9 Å². The number of nitrogens with zero attached hydrogens (tertiary/aromatic N) is 1. The average molecular weight is 495 g/mol. The van der Waals surface area contributed by atoms with Crippen molar-refractivity contribution < 1.29 is 18.7 Å². The molecular formula is C30H39FN2O3. The number of ether oxygens (including phenoxy) is 2. The van der Waals surface area contributed by atoms with E-state index in [1.165, 1.54) is 12.7 Å². The maximum absolute atomic E-state index is 14.1. The van der Waals surface area contributed by atoms with E-state index in [9.17, 15) is 9.18 Å². The first-order valence-corrected chi connectivity index (χ1v) is 13.5. The lowest BCUT2D eigenvalue weighted by Gasteiger charge is -2.39. The van der Waals surface area contributed by atoms with E-state index < -0.39 is 6.17 Å². The molecule has 5 nitrogen and oxygen atoms in total. The van der Waals surface area contributed by atoms with Crippen LogP contribution in [0.5, 0.6) is 0 Å². The zero-order chi connectivity index (χ0) is 25.4. The molecule has 6 heteroatoms. The summed E-state index contributed by atoms with van der Waals surface area (Å²) in [4.78, 5) is 15.3. The molecule has 0 amide bonds. The first-order valence-electron chi connectivity index (χ1n) is 13.5. The highest BCUT2D eigenvalue weighted by atomic mass is 19.1. The van der Waals surface area contributed by atoms with E-state index in [0.29, 0.717) is 24.4 Å². The Labute approximate surface area is 214 Å². The van der Waals surface area contributed by atoms with Crippen molar-refractivity contribution in [2.75, 3.05) is 37.1 Å². The fraction of sp³-hybridized carbons (Fsp3) is 0.567. The fourth-order valence-electron chi connectivity index (χ4n) is 6.77. The third-order valence-corrected chi connectivity index (χ3v) is 8.96. The Morgan fingerprint density at radius 3 is 2.53 bits per heavy atom. The number of halogens is 1. The number of alkyl halides is 1. The maximum Gasteiger partial charge on any atom is 0.338 e. The van der Waals surface area contributed by atoms with Gasteiger partial charge in [0.25, 0.3) is 0 Å². The Morgan fingerprint density at radius 1 is 1.14 bits per heavy atom. The van der Waals surface area contributed by atoms with Crippen LogP contribution < -0.4 is 10.2 Å². The molecule has 0 aromatic heterocycles. The van der Waals surface area contributed by atoms with Gasteiger partial charge in [-0.1, -0.05) is 6.07 Å². The topological polar surface area (TPSA) is 50.8 Å². The van der Waals surface area contributed by atoms with E-state index in [4.69, 9.17) is 9.47 Å². The van der Waals surface area contributed by atoms with E-state index in [1.54, 1.807) is 0 Å². The Morgan fingerprint density at radius 2 is 1.86 bits per heavy atom. The van der Waals surface area contributed by atoms with Gasteiger partial charge in [0.1, 0.15) is 6.17 Å². The molecule has 2 aromatic rings. The number of methoxy groups -OCH3 is 1. The van der Waals surface area contributed by atoms with Crippen molar-refractivity contribution in [2.24, 2.45) is 0 Å². The van der Waals surface area contributed by atoms with Crippen LogP contribution in [0.2, 0.25) is 0 Å². The van der Waals surface area contributed by atoms with Gasteiger partial charge in [0.05, 0.1) is 12.7 Å². The van der Waals surface area contributed by atoms with Crippen LogP contribution in [0.15, 0.2) is 30.3 Å². The number of carbonyl (C=O) groups excluding carboxylic acids is 1. The van der Waals surface area contributed by atoms with Crippen molar-refractivity contribution in [3.63, 3.8) is 0 Å². The van der Waals surface area contributed by atoms with Crippen LogP contribution in [0.4, 0.5) is 15.8 Å². The molecule has 1 atom stereocenters. The standard InChI is InChI=1S/C30H39FN2O3/c1-5-33(24-10-14-36-15-11-24)28-18-22(16-25(19(28)2)29(34)35-4)21-6-7-27-26(17-21)30(20(3)32-27)12-8-23(31)9-13-30/h6-7,16-18,20,23-24,32H,5,8-15H2,1-4H3. The molecule has 1 aliphatic carbocycles. The van der Waals surface area contributed by atoms with Gasteiger partial charge < -0.3 is 19.7 Å². The number of anilines is 2. The van der Waals surface area contributed by atoms with Gasteiger partial charge in [-0.25, -0.2) is 9.18 Å². The molecule has 1 unspecified atom stereocenters. The summed E-state index contributed by atoms with van der Waals surface area (Å²) in [5, 5.41) is 3.66. The number of benzene rings is 2. The predicted octanol–water partition coefficient (Wildman–Crippen LogP) is 6.42. The van der Waals surface area contributed by atoms with Gasteiger partial charge in [-0.05, 0) is 106 Å². The number of nitrogens with one attached hydrogen (secondary N) is 1. The molecule has 2 fully saturated rings. The third-order valence-electron chi connectivity index (χ3n) is 8.96. The summed E-state index contributed by atoms with van der Waals surface area (Å²) in [7, 11) is 1.44. The molecule has 2 aliphatic heterocycles. The van der Waals surface area contributed by atoms with Crippen molar-refractivity contribution in [3.8, 4) is 11.1 Å². The van der Waals surface area contributed by atoms with E-state index in [0.717, 1.165) is 73.5 Å². The number of rotatable bonds is 5. The van der Waals surface area contributed by atoms with E-state index in [2.05, 4.69) is 48.3 Å². The minimum Gasteiger partial charge on any atom is -0.465 e. The smallest absolute Gasteiger partial charge is 0.338 e. The number of hydrogen-bond donors (Lipinski definition) is 1. The molecule has 5 rings (SSSR count). The molecule has 3 aliphatic rings. The lowest BCUT2D eigenvalue weighted by Crippen LogP contribution is -2.40. The molecule has 2 aromatic carbocycles. The summed E-state index contributed by atoms with van der Waals surface area (Å²) in [6.45, 7) is 8.81. The van der Waals surface area contributed by atoms with Gasteiger partial charge in [-0.2, -0.15) is 0 Å². The number of hydrogen-bond acceptors (Lipinski definition) is 5. The quantitative estimate of drug-likeness (QED) is 0.486. The maximum atomic E-state index is 14.1. The Hall–Kier alpha value is -2.60. The first-order chi connectivity index (χ1) is 17.4.